The van der Waals surface area contributed by atoms with Crippen molar-refractivity contribution in [3.05, 3.63) is 0 Å². The maximum absolute atomic E-state index is 12.2. The summed E-state index contributed by atoms with van der Waals surface area (Å²) in [6, 6.07) is -3.18. The fourth-order valence-electron chi connectivity index (χ4n) is 6.39. The van der Waals surface area contributed by atoms with Gasteiger partial charge in [0.25, 0.3) is 0 Å². The topological polar surface area (TPSA) is 317 Å². The van der Waals surface area contributed by atoms with E-state index in [1.165, 1.54) is 33.3 Å². The van der Waals surface area contributed by atoms with Gasteiger partial charge in [0.2, 0.25) is 0 Å². The number of aliphatic carboxylic acids is 1. The van der Waals surface area contributed by atoms with Crippen molar-refractivity contribution in [3.8, 4) is 0 Å². The van der Waals surface area contributed by atoms with E-state index in [0.29, 0.717) is 77.4 Å². The lowest BCUT2D eigenvalue weighted by Crippen LogP contribution is -2.60. The number of hydrogen-bond donors (Lipinski definition) is 1. The van der Waals surface area contributed by atoms with Crippen molar-refractivity contribution >= 4 is 105 Å². The summed E-state index contributed by atoms with van der Waals surface area (Å²) in [5.74, 6) is -3.23. The number of likely N-dealkylation sites (N-methyl/N-ethyl adjacent to an activating group) is 1. The minimum Gasteiger partial charge on any atom is -0.480 e. The molecule has 0 spiro atoms. The van der Waals surface area contributed by atoms with E-state index in [1.54, 1.807) is 112 Å². The van der Waals surface area contributed by atoms with Crippen LogP contribution in [0.2, 0.25) is 6.82 Å². The summed E-state index contributed by atoms with van der Waals surface area (Å²) in [7, 11) is 2.11. The fourth-order valence-corrected chi connectivity index (χ4v) is 6.45. The molecular weight excluding hydrogens is 1290 g/mol. The van der Waals surface area contributed by atoms with Gasteiger partial charge in [-0.05, 0) is 142 Å². The molecule has 0 unspecified atom stereocenters. The molecule has 5 fully saturated rings. The Morgan fingerprint density at radius 1 is 0.586 bits per heavy atom. The number of amides is 4. The molecule has 5 aliphatic heterocycles. The highest BCUT2D eigenvalue weighted by atomic mass is 127. The molecule has 87 heavy (non-hydrogen) atoms. The summed E-state index contributed by atoms with van der Waals surface area (Å²) in [5.41, 5.74) is -3.30. The first-order valence-electron chi connectivity index (χ1n) is 28.2. The quantitative estimate of drug-likeness (QED) is 0.0560. The summed E-state index contributed by atoms with van der Waals surface area (Å²) in [5, 5.41) is 8.70. The number of likely N-dealkylation sites (tertiary alicyclic amines) is 4. The molecule has 0 aliphatic carbocycles. The molecule has 27 nitrogen and oxygen atoms in total. The first-order chi connectivity index (χ1) is 39.4. The van der Waals surface area contributed by atoms with E-state index in [2.05, 4.69) is 30.9 Å². The summed E-state index contributed by atoms with van der Waals surface area (Å²) in [4.78, 5) is 131. The number of carboxylic acid groups (broad SMARTS) is 1. The van der Waals surface area contributed by atoms with Crippen LogP contribution in [0.3, 0.4) is 0 Å². The molecule has 0 saturated carbocycles. The van der Waals surface area contributed by atoms with Gasteiger partial charge in [0, 0.05) is 57.8 Å². The first kappa shape index (κ1) is 85.7. The number of ether oxygens (including phenoxy) is 10. The molecule has 0 bridgehead atoms. The van der Waals surface area contributed by atoms with Gasteiger partial charge in [0.05, 0.1) is 33.0 Å². The summed E-state index contributed by atoms with van der Waals surface area (Å²) < 4.78 is 59.6. The highest BCUT2D eigenvalue weighted by Crippen LogP contribution is 2.27. The number of rotatable bonds is 9. The number of esters is 4. The van der Waals surface area contributed by atoms with Crippen LogP contribution in [0.4, 0.5) is 33.1 Å². The number of morpholine rings is 1. The lowest BCUT2D eigenvalue weighted by Gasteiger charge is -2.41. The van der Waals surface area contributed by atoms with Crippen LogP contribution in [0.25, 0.3) is 0 Å². The Kier molecular flexibility index (Phi) is 41.1. The van der Waals surface area contributed by atoms with Gasteiger partial charge in [0.1, 0.15) is 46.6 Å². The van der Waals surface area contributed by atoms with Crippen LogP contribution < -0.4 is 0 Å². The predicted octanol–water partition coefficient (Wildman–Crippen LogP) is 9.92. The number of hydrogen-bond acceptors (Lipinski definition) is 22. The predicted molar refractivity (Wildman–Crippen MR) is 328 cm³/mol. The van der Waals surface area contributed by atoms with Gasteiger partial charge in [0.15, 0.2) is 0 Å². The molecule has 1 N–H and O–H groups in total. The fraction of sp³-hybridized carbons (Fsp3) is 0.804. The van der Waals surface area contributed by atoms with Gasteiger partial charge in [-0.1, -0.05) is 28.2 Å². The Hall–Kier alpha value is -5.50. The average Bonchev–Trinajstić information content (AvgIpc) is 1.36. The Morgan fingerprint density at radius 3 is 1.08 bits per heavy atom. The third kappa shape index (κ3) is 40.6. The molecule has 5 rings (SSSR count). The van der Waals surface area contributed by atoms with Crippen molar-refractivity contribution in [2.45, 2.75) is 211 Å². The van der Waals surface area contributed by atoms with E-state index in [4.69, 9.17) is 45.1 Å². The third-order valence-corrected chi connectivity index (χ3v) is 10.7. The molecule has 5 aliphatic rings. The average molecular weight is 1390 g/mol. The highest BCUT2D eigenvalue weighted by Gasteiger charge is 2.46. The van der Waals surface area contributed by atoms with Crippen molar-refractivity contribution in [1.82, 2.24) is 24.5 Å². The lowest BCUT2D eigenvalue weighted by atomic mass is 10.0. The number of carbonyl (C=O) groups excluding carboxylic acids is 10. The molecule has 5 heterocycles. The smallest absolute Gasteiger partial charge is 0.480 e. The minimum atomic E-state index is -1.03. The number of nitrogens with zero attached hydrogens (tertiary/aromatic N) is 5. The molecular formula is C56H99BClFIN5O22. The summed E-state index contributed by atoms with van der Waals surface area (Å²) in [6.45, 7) is 37.9. The molecule has 0 aromatic rings. The Balaban J connectivity index is -0.00000103. The SMILES string of the molecule is C.CB(F)I.CC(C)(C)OC(=O)N1CC[C@H]1C(=O)O.CC(C)(C)OC(=O)N1CC[C@H]1C(=O)OC(=O)[C@@H]1CCN1C(=O)OC(C)(C)C.CC(C)COC(=O)Cl.CCCOC(=O)OC(=O)[C@@H]1CCN1C(=O)OC(C)(C)C.CCOC(C)=O.CN1CCOCC1. The zero-order valence-electron chi connectivity index (χ0n) is 53.7. The minimum absolute atomic E-state index is 0. The second-order valence-electron chi connectivity index (χ2n) is 23.8. The normalized spacial score (nSPS) is 18.2. The monoisotopic (exact) mass is 1390 g/mol. The zero-order chi connectivity index (χ0) is 67.1. The largest absolute Gasteiger partial charge is 0.516 e. The Labute approximate surface area is 532 Å². The Morgan fingerprint density at radius 2 is 0.897 bits per heavy atom. The maximum atomic E-state index is 12.2. The first-order valence-corrected chi connectivity index (χ1v) is 29.8. The van der Waals surface area contributed by atoms with Crippen molar-refractivity contribution in [2.75, 3.05) is 79.4 Å². The third-order valence-electron chi connectivity index (χ3n) is 10.6. The summed E-state index contributed by atoms with van der Waals surface area (Å²) >= 11 is 6.54. The van der Waals surface area contributed by atoms with Gasteiger partial charge < -0.3 is 61.7 Å². The molecule has 4 atom stereocenters. The number of carboxylic acids is 1. The standard InChI is InChI=1S/C18H28N2O7.C13H21NO6.C9H15NO4.C5H9ClO2.C5H11NO.C4H8O2.CH3BFI.CH4/c1-17(2,3)26-15(23)19-9-7-11(19)13(21)25-14(22)12-8-10-20(12)16(24)27-18(4,5)6;1-5-8-18-12(17)19-10(15)9-6-7-14(9)11(16)20-13(2,3)4;1-9(2,3)14-8(13)10-5-4-6(10)7(11)12;1-4(2)3-8-5(6)7;1-6-2-4-7-5-3-6;1-3-6-4(2)5;1-2(3)4;/h11-12H,7-10H2,1-6H3;9H,5-8H2,1-4H3;6H,4-5H2,1-3H3,(H,11,12);4H,3H2,1-2H3;2-5H2,1H3;3H2,1-2H3;1H3;1H4/t11-,12-;9-;6-;;;;;/m000...../s1. The highest BCUT2D eigenvalue weighted by molar-refractivity contribution is 14.1. The van der Waals surface area contributed by atoms with Crippen LogP contribution in [0.1, 0.15) is 157 Å². The second kappa shape index (κ2) is 41.7. The second-order valence-corrected chi connectivity index (χ2v) is 25.8. The van der Waals surface area contributed by atoms with Gasteiger partial charge in [-0.3, -0.25) is 24.4 Å². The van der Waals surface area contributed by atoms with Gasteiger partial charge in [-0.2, -0.15) is 0 Å². The molecule has 0 radical (unpaired) electrons. The van der Waals surface area contributed by atoms with E-state index in [-0.39, 0.29) is 20.0 Å². The summed E-state index contributed by atoms with van der Waals surface area (Å²) in [6.07, 6.45) is -1.04. The van der Waals surface area contributed by atoms with E-state index in [0.717, 1.165) is 26.3 Å². The molecule has 4 amide bonds. The van der Waals surface area contributed by atoms with Crippen LogP contribution in [-0.2, 0) is 71.3 Å². The van der Waals surface area contributed by atoms with Crippen LogP contribution in [0.5, 0.6) is 0 Å². The molecule has 5 saturated heterocycles. The van der Waals surface area contributed by atoms with E-state index >= 15 is 0 Å². The van der Waals surface area contributed by atoms with Crippen LogP contribution in [-0.4, -0.2) is 226 Å². The van der Waals surface area contributed by atoms with Gasteiger partial charge in [-0.25, -0.2) is 47.9 Å². The van der Waals surface area contributed by atoms with Crippen LogP contribution in [0.15, 0.2) is 0 Å². The van der Waals surface area contributed by atoms with E-state index in [1.807, 2.05) is 20.8 Å². The maximum Gasteiger partial charge on any atom is 0.516 e. The van der Waals surface area contributed by atoms with Crippen molar-refractivity contribution in [2.24, 2.45) is 5.92 Å². The van der Waals surface area contributed by atoms with E-state index < -0.39 is 111 Å². The molecule has 0 aromatic heterocycles. The number of halogens is 3. The Bertz CT molecular complexity index is 2130. The van der Waals surface area contributed by atoms with Crippen LogP contribution >= 0.6 is 34.0 Å². The molecule has 0 aromatic carbocycles. The lowest BCUT2D eigenvalue weighted by molar-refractivity contribution is -0.172. The van der Waals surface area contributed by atoms with Crippen molar-refractivity contribution in [1.29, 1.82) is 0 Å². The van der Waals surface area contributed by atoms with Crippen molar-refractivity contribution < 1.29 is 110 Å². The zero-order valence-corrected chi connectivity index (χ0v) is 56.6. The number of carbonyl (C=O) groups is 11. The van der Waals surface area contributed by atoms with Crippen molar-refractivity contribution in [3.63, 3.8) is 0 Å². The molecule has 504 valence electrons. The van der Waals surface area contributed by atoms with Gasteiger partial charge in [-0.15, -0.1) is 22.4 Å². The molecule has 31 heteroatoms. The van der Waals surface area contributed by atoms with Gasteiger partial charge >= 0.3 is 70.6 Å². The van der Waals surface area contributed by atoms with Crippen LogP contribution in [0, 0.1) is 5.92 Å². The van der Waals surface area contributed by atoms with E-state index in [9.17, 15) is 57.1 Å².